The number of hydrogen-bond acceptors (Lipinski definition) is 3. The summed E-state index contributed by atoms with van der Waals surface area (Å²) in [6, 6.07) is 6.91. The third-order valence-corrected chi connectivity index (χ3v) is 5.06. The number of rotatable bonds is 17. The van der Waals surface area contributed by atoms with Gasteiger partial charge in [-0.15, -0.1) is 0 Å². The normalized spacial score (nSPS) is 11.5. The van der Waals surface area contributed by atoms with Crippen LogP contribution < -0.4 is 34.3 Å². The molecule has 160 valence electrons. The van der Waals surface area contributed by atoms with Crippen molar-refractivity contribution in [2.24, 2.45) is 0 Å². The maximum Gasteiger partial charge on any atom is 1.00 e. The predicted octanol–water partition coefficient (Wildman–Crippen LogP) is 3.93. The first-order valence-electron chi connectivity index (χ1n) is 11.1. The molecule has 29 heavy (non-hydrogen) atoms. The van der Waals surface area contributed by atoms with E-state index in [0.29, 0.717) is 24.2 Å². The van der Waals surface area contributed by atoms with Crippen LogP contribution in [0.25, 0.3) is 0 Å². The molecule has 1 unspecified atom stereocenters. The van der Waals surface area contributed by atoms with Crippen LogP contribution in [0, 0.1) is 0 Å². The summed E-state index contributed by atoms with van der Waals surface area (Å²) >= 11 is 0. The molecule has 0 aliphatic carbocycles. The van der Waals surface area contributed by atoms with Crippen molar-refractivity contribution in [2.45, 2.75) is 103 Å². The van der Waals surface area contributed by atoms with E-state index in [0.717, 1.165) is 32.1 Å². The van der Waals surface area contributed by atoms with Gasteiger partial charge < -0.3 is 11.3 Å². The Morgan fingerprint density at radius 3 is 1.93 bits per heavy atom. The van der Waals surface area contributed by atoms with Crippen LogP contribution in [0.1, 0.15) is 109 Å². The maximum atomic E-state index is 12.2. The van der Waals surface area contributed by atoms with Gasteiger partial charge in [0.15, 0.2) is 11.9 Å². The van der Waals surface area contributed by atoms with E-state index < -0.39 is 12.1 Å². The third kappa shape index (κ3) is 13.1. The average Bonchev–Trinajstić information content (AvgIpc) is 2.69. The van der Waals surface area contributed by atoms with Crippen LogP contribution in [-0.2, 0) is 4.79 Å². The minimum atomic E-state index is -0.930. The maximum absolute atomic E-state index is 12.2. The molecular weight excluding hydrogens is 375 g/mol. The largest absolute Gasteiger partial charge is 1.00 e. The van der Waals surface area contributed by atoms with Gasteiger partial charge in [0.05, 0.1) is 0 Å². The summed E-state index contributed by atoms with van der Waals surface area (Å²) in [4.78, 5) is 23.7. The number of aliphatic carboxylic acids is 1. The number of hydrogen-bond donors (Lipinski definition) is 1. The Hall–Kier alpha value is -0.840. The molecule has 0 radical (unpaired) electrons. The van der Waals surface area contributed by atoms with Gasteiger partial charge in [-0.25, -0.2) is 4.79 Å². The Labute approximate surface area is 200 Å². The third-order valence-electron chi connectivity index (χ3n) is 5.06. The van der Waals surface area contributed by atoms with Crippen molar-refractivity contribution in [3.05, 3.63) is 29.8 Å². The van der Waals surface area contributed by atoms with Gasteiger partial charge in [-0.2, -0.15) is 0 Å². The summed E-state index contributed by atoms with van der Waals surface area (Å²) in [6.07, 6.45) is 12.6. The van der Waals surface area contributed by atoms with Crippen molar-refractivity contribution in [1.82, 2.24) is 0 Å². The quantitative estimate of drug-likeness (QED) is 0.238. The monoisotopic (exact) mass is 414 g/mol. The number of carboxylic acids is 1. The van der Waals surface area contributed by atoms with E-state index in [1.54, 1.807) is 24.3 Å². The van der Waals surface area contributed by atoms with E-state index in [9.17, 15) is 14.7 Å². The number of Topliss-reactive ketones (excluding diaryl/α,β-unsaturated/α-hetero) is 1. The summed E-state index contributed by atoms with van der Waals surface area (Å²) < 4.78 is 5.65. The molecule has 0 spiro atoms. The van der Waals surface area contributed by atoms with Gasteiger partial charge in [-0.1, -0.05) is 71.6 Å². The number of unbranched alkanes of at least 4 members (excludes halogenated alkanes) is 9. The van der Waals surface area contributed by atoms with E-state index in [-0.39, 0.29) is 36.8 Å². The molecule has 1 rings (SSSR count). The van der Waals surface area contributed by atoms with Crippen LogP contribution >= 0.6 is 0 Å². The van der Waals surface area contributed by atoms with Gasteiger partial charge >= 0.3 is 35.5 Å². The van der Waals surface area contributed by atoms with E-state index in [4.69, 9.17) is 4.74 Å². The first-order valence-corrected chi connectivity index (χ1v) is 11.1. The smallest absolute Gasteiger partial charge is 1.00 e. The molecule has 0 saturated heterocycles. The summed E-state index contributed by atoms with van der Waals surface area (Å²) in [5.74, 6) is -0.274. The van der Waals surface area contributed by atoms with Gasteiger partial charge in [0, 0.05) is 12.0 Å². The fourth-order valence-electron chi connectivity index (χ4n) is 3.26. The Morgan fingerprint density at radius 2 is 1.38 bits per heavy atom. The van der Waals surface area contributed by atoms with E-state index in [2.05, 4.69) is 13.8 Å². The number of ketones is 1. The van der Waals surface area contributed by atoms with Crippen LogP contribution in [0.4, 0.5) is 0 Å². The molecule has 1 atom stereocenters. The van der Waals surface area contributed by atoms with Crippen LogP contribution in [0.15, 0.2) is 24.3 Å². The molecular formula is C24H39NaO4. The molecule has 0 saturated carbocycles. The SMILES string of the molecule is CCCCCCCCC(Oc1ccc(C(=O)CCCCCCC)cc1)C(=O)O.[H-].[Na+]. The zero-order valence-corrected chi connectivity index (χ0v) is 20.8. The van der Waals surface area contributed by atoms with E-state index >= 15 is 0 Å². The molecule has 1 aromatic carbocycles. The molecule has 0 aliphatic heterocycles. The molecule has 4 nitrogen and oxygen atoms in total. The molecule has 0 fully saturated rings. The van der Waals surface area contributed by atoms with E-state index in [1.165, 1.54) is 38.5 Å². The van der Waals surface area contributed by atoms with Crippen molar-refractivity contribution in [1.29, 1.82) is 0 Å². The summed E-state index contributed by atoms with van der Waals surface area (Å²) in [7, 11) is 0. The topological polar surface area (TPSA) is 63.6 Å². The van der Waals surface area contributed by atoms with Gasteiger partial charge in [0.1, 0.15) is 5.75 Å². The van der Waals surface area contributed by atoms with Crippen LogP contribution in [-0.4, -0.2) is 23.0 Å². The Bertz CT molecular complexity index is 563. The molecule has 0 amide bonds. The van der Waals surface area contributed by atoms with E-state index in [1.807, 2.05) is 0 Å². The van der Waals surface area contributed by atoms with Gasteiger partial charge in [0.25, 0.3) is 0 Å². The first-order chi connectivity index (χ1) is 13.6. The van der Waals surface area contributed by atoms with Crippen molar-refractivity contribution in [2.75, 3.05) is 0 Å². The molecule has 1 aromatic rings. The Balaban J connectivity index is 0. The molecule has 0 heterocycles. The predicted molar refractivity (Wildman–Crippen MR) is 115 cm³/mol. The zero-order chi connectivity index (χ0) is 20.6. The minimum Gasteiger partial charge on any atom is -1.00 e. The second kappa shape index (κ2) is 18.0. The number of ether oxygens (including phenoxy) is 1. The van der Waals surface area contributed by atoms with Crippen molar-refractivity contribution in [3.8, 4) is 5.75 Å². The fourth-order valence-corrected chi connectivity index (χ4v) is 3.26. The summed E-state index contributed by atoms with van der Waals surface area (Å²) in [5, 5.41) is 9.40. The second-order valence-electron chi connectivity index (χ2n) is 7.61. The summed E-state index contributed by atoms with van der Waals surface area (Å²) in [5.41, 5.74) is 0.672. The number of carboxylic acid groups (broad SMARTS) is 1. The molecule has 0 bridgehead atoms. The van der Waals surface area contributed by atoms with Crippen LogP contribution in [0.5, 0.6) is 5.75 Å². The van der Waals surface area contributed by atoms with Gasteiger partial charge in [-0.3, -0.25) is 4.79 Å². The minimum absolute atomic E-state index is 0. The second-order valence-corrected chi connectivity index (χ2v) is 7.61. The number of carbonyl (C=O) groups excluding carboxylic acids is 1. The van der Waals surface area contributed by atoms with Crippen molar-refractivity contribution in [3.63, 3.8) is 0 Å². The average molecular weight is 415 g/mol. The van der Waals surface area contributed by atoms with Crippen LogP contribution in [0.2, 0.25) is 0 Å². The zero-order valence-electron chi connectivity index (χ0n) is 19.8. The van der Waals surface area contributed by atoms with Gasteiger partial charge in [0.2, 0.25) is 0 Å². The van der Waals surface area contributed by atoms with Crippen LogP contribution in [0.3, 0.4) is 0 Å². The van der Waals surface area contributed by atoms with Crippen molar-refractivity contribution >= 4 is 11.8 Å². The molecule has 0 aromatic heterocycles. The molecule has 0 aliphatic rings. The summed E-state index contributed by atoms with van der Waals surface area (Å²) in [6.45, 7) is 4.36. The number of benzene rings is 1. The molecule has 1 N–H and O–H groups in total. The first kappa shape index (κ1) is 28.2. The Morgan fingerprint density at radius 1 is 0.862 bits per heavy atom. The Kier molecular flexibility index (Phi) is 17.5. The number of carbonyl (C=O) groups is 2. The molecule has 5 heteroatoms. The van der Waals surface area contributed by atoms with Crippen molar-refractivity contribution < 1.29 is 50.4 Å². The standard InChI is InChI=1S/C24H38O4.Na.H/c1-3-5-7-9-11-13-15-23(24(26)27)28-21-18-16-20(17-19-21)22(25)14-12-10-8-6-4-2;;/h16-19,23H,3-15H2,1-2H3,(H,26,27);;/q;+1;-1. The van der Waals surface area contributed by atoms with Gasteiger partial charge in [-0.05, 0) is 43.5 Å². The fraction of sp³-hybridized carbons (Fsp3) is 0.667.